The Labute approximate surface area is 203 Å². The molecule has 0 aromatic heterocycles. The zero-order chi connectivity index (χ0) is 23.6. The van der Waals surface area contributed by atoms with E-state index in [0.29, 0.717) is 79.5 Å². The first kappa shape index (κ1) is 24.1. The van der Waals surface area contributed by atoms with Crippen LogP contribution in [0.1, 0.15) is 10.4 Å². The van der Waals surface area contributed by atoms with E-state index in [0.717, 1.165) is 0 Å². The summed E-state index contributed by atoms with van der Waals surface area (Å²) >= 11 is 12.1. The van der Waals surface area contributed by atoms with Gasteiger partial charge in [0.1, 0.15) is 5.75 Å². The van der Waals surface area contributed by atoms with E-state index in [1.807, 2.05) is 4.90 Å². The quantitative estimate of drug-likeness (QED) is 0.611. The summed E-state index contributed by atoms with van der Waals surface area (Å²) < 4.78 is 38.4. The van der Waals surface area contributed by atoms with Gasteiger partial charge in [0.15, 0.2) is 0 Å². The molecular formula is C22H25Cl2N3O5S. The number of halogens is 2. The minimum Gasteiger partial charge on any atom is -0.495 e. The molecule has 2 fully saturated rings. The van der Waals surface area contributed by atoms with Crippen molar-refractivity contribution in [2.45, 2.75) is 4.90 Å². The second kappa shape index (κ2) is 10.1. The van der Waals surface area contributed by atoms with E-state index in [4.69, 9.17) is 32.7 Å². The largest absolute Gasteiger partial charge is 0.495 e. The van der Waals surface area contributed by atoms with Gasteiger partial charge in [-0.25, -0.2) is 8.42 Å². The summed E-state index contributed by atoms with van der Waals surface area (Å²) in [4.78, 5) is 16.9. The van der Waals surface area contributed by atoms with Crippen LogP contribution in [0.3, 0.4) is 0 Å². The van der Waals surface area contributed by atoms with Crippen molar-refractivity contribution in [2.75, 3.05) is 64.5 Å². The van der Waals surface area contributed by atoms with Gasteiger partial charge in [-0.1, -0.05) is 23.2 Å². The average molecular weight is 514 g/mol. The summed E-state index contributed by atoms with van der Waals surface area (Å²) in [5, 5.41) is 0.819. The molecule has 0 radical (unpaired) electrons. The lowest BCUT2D eigenvalue weighted by Gasteiger charge is -2.37. The lowest BCUT2D eigenvalue weighted by molar-refractivity contribution is 0.0730. The van der Waals surface area contributed by atoms with Crippen molar-refractivity contribution in [3.63, 3.8) is 0 Å². The molecule has 2 aromatic rings. The molecule has 33 heavy (non-hydrogen) atoms. The Hall–Kier alpha value is -2.04. The van der Waals surface area contributed by atoms with Gasteiger partial charge in [0.05, 0.1) is 30.9 Å². The second-order valence-corrected chi connectivity index (χ2v) is 10.6. The maximum absolute atomic E-state index is 13.1. The molecule has 0 N–H and O–H groups in total. The Morgan fingerprint density at radius 1 is 0.939 bits per heavy atom. The number of hydrogen-bond donors (Lipinski definition) is 0. The molecule has 8 nitrogen and oxygen atoms in total. The van der Waals surface area contributed by atoms with E-state index in [9.17, 15) is 13.2 Å². The van der Waals surface area contributed by atoms with Crippen LogP contribution < -0.4 is 9.64 Å². The molecule has 0 bridgehead atoms. The number of amides is 1. The number of morpholine rings is 1. The Kier molecular flexibility index (Phi) is 7.35. The van der Waals surface area contributed by atoms with Gasteiger partial charge in [-0.2, -0.15) is 4.31 Å². The topological polar surface area (TPSA) is 79.4 Å². The fourth-order valence-electron chi connectivity index (χ4n) is 4.02. The number of anilines is 1. The highest BCUT2D eigenvalue weighted by molar-refractivity contribution is 7.89. The molecule has 2 aromatic carbocycles. The number of benzene rings is 2. The minimum absolute atomic E-state index is 0.144. The Morgan fingerprint density at radius 2 is 1.58 bits per heavy atom. The SMILES string of the molecule is COc1ccc(S(=O)(=O)N2CCOCC2)cc1N1CCN(C(=O)c2cc(Cl)cc(Cl)c2)CC1. The lowest BCUT2D eigenvalue weighted by atomic mass is 10.1. The minimum atomic E-state index is -3.64. The summed E-state index contributed by atoms with van der Waals surface area (Å²) in [7, 11) is -2.08. The maximum Gasteiger partial charge on any atom is 0.254 e. The predicted molar refractivity (Wildman–Crippen MR) is 127 cm³/mol. The van der Waals surface area contributed by atoms with E-state index >= 15 is 0 Å². The highest BCUT2D eigenvalue weighted by Gasteiger charge is 2.29. The van der Waals surface area contributed by atoms with E-state index < -0.39 is 10.0 Å². The molecule has 0 unspecified atom stereocenters. The first-order chi connectivity index (χ1) is 15.8. The highest BCUT2D eigenvalue weighted by atomic mass is 35.5. The van der Waals surface area contributed by atoms with Crippen molar-refractivity contribution >= 4 is 44.8 Å². The first-order valence-corrected chi connectivity index (χ1v) is 12.8. The number of carbonyl (C=O) groups excluding carboxylic acids is 1. The third kappa shape index (κ3) is 5.22. The zero-order valence-corrected chi connectivity index (χ0v) is 20.5. The van der Waals surface area contributed by atoms with Crippen molar-refractivity contribution in [1.29, 1.82) is 0 Å². The highest BCUT2D eigenvalue weighted by Crippen LogP contribution is 2.33. The number of sulfonamides is 1. The average Bonchev–Trinajstić information content (AvgIpc) is 2.83. The van der Waals surface area contributed by atoms with Crippen molar-refractivity contribution in [1.82, 2.24) is 9.21 Å². The number of piperazine rings is 1. The van der Waals surface area contributed by atoms with Gasteiger partial charge in [-0.3, -0.25) is 4.79 Å². The second-order valence-electron chi connectivity index (χ2n) is 7.79. The fraction of sp³-hybridized carbons (Fsp3) is 0.409. The summed E-state index contributed by atoms with van der Waals surface area (Å²) in [6.45, 7) is 3.41. The number of rotatable bonds is 5. The Bertz CT molecular complexity index is 1110. The first-order valence-electron chi connectivity index (χ1n) is 10.6. The number of hydrogen-bond acceptors (Lipinski definition) is 6. The van der Waals surface area contributed by atoms with Crippen molar-refractivity contribution in [3.8, 4) is 5.75 Å². The van der Waals surface area contributed by atoms with Crippen molar-refractivity contribution in [3.05, 3.63) is 52.0 Å². The third-order valence-electron chi connectivity index (χ3n) is 5.78. The predicted octanol–water partition coefficient (Wildman–Crippen LogP) is 2.99. The van der Waals surface area contributed by atoms with Crippen LogP contribution in [0.5, 0.6) is 5.75 Å². The molecule has 2 aliphatic heterocycles. The van der Waals surface area contributed by atoms with E-state index in [-0.39, 0.29) is 10.8 Å². The summed E-state index contributed by atoms with van der Waals surface area (Å²) in [5.74, 6) is 0.437. The van der Waals surface area contributed by atoms with Crippen LogP contribution in [0.2, 0.25) is 10.0 Å². The molecule has 2 aliphatic rings. The molecule has 4 rings (SSSR count). The fourth-order valence-corrected chi connectivity index (χ4v) is 5.98. The molecule has 0 atom stereocenters. The van der Waals surface area contributed by atoms with Gasteiger partial charge < -0.3 is 19.3 Å². The maximum atomic E-state index is 13.1. The van der Waals surface area contributed by atoms with E-state index in [1.54, 1.807) is 48.4 Å². The van der Waals surface area contributed by atoms with Crippen LogP contribution in [-0.4, -0.2) is 83.1 Å². The molecule has 2 saturated heterocycles. The van der Waals surface area contributed by atoms with Crippen LogP contribution >= 0.6 is 23.2 Å². The Balaban J connectivity index is 1.51. The lowest BCUT2D eigenvalue weighted by Crippen LogP contribution is -2.49. The van der Waals surface area contributed by atoms with Gasteiger partial charge in [-0.15, -0.1) is 0 Å². The van der Waals surface area contributed by atoms with Gasteiger partial charge in [0, 0.05) is 54.9 Å². The normalized spacial score (nSPS) is 17.8. The molecule has 2 heterocycles. The molecule has 0 saturated carbocycles. The molecular weight excluding hydrogens is 489 g/mol. The van der Waals surface area contributed by atoms with Gasteiger partial charge in [-0.05, 0) is 36.4 Å². The standard InChI is InChI=1S/C22H25Cl2N3O5S/c1-31-21-3-2-19(33(29,30)27-8-10-32-11-9-27)15-20(21)25-4-6-26(7-5-25)22(28)16-12-17(23)14-18(24)13-16/h2-3,12-15H,4-11H2,1H3. The zero-order valence-electron chi connectivity index (χ0n) is 18.2. The third-order valence-corrected chi connectivity index (χ3v) is 8.11. The van der Waals surface area contributed by atoms with Crippen LogP contribution in [0.15, 0.2) is 41.3 Å². The Morgan fingerprint density at radius 3 is 2.18 bits per heavy atom. The summed E-state index contributed by atoms with van der Waals surface area (Å²) in [5.41, 5.74) is 1.13. The number of methoxy groups -OCH3 is 1. The van der Waals surface area contributed by atoms with Crippen molar-refractivity contribution < 1.29 is 22.7 Å². The monoisotopic (exact) mass is 513 g/mol. The number of ether oxygens (including phenoxy) is 2. The summed E-state index contributed by atoms with van der Waals surface area (Å²) in [6, 6.07) is 9.68. The molecule has 11 heteroatoms. The van der Waals surface area contributed by atoms with Gasteiger partial charge in [0.25, 0.3) is 5.91 Å². The molecule has 0 aliphatic carbocycles. The van der Waals surface area contributed by atoms with Gasteiger partial charge >= 0.3 is 0 Å². The van der Waals surface area contributed by atoms with Crippen molar-refractivity contribution in [2.24, 2.45) is 0 Å². The van der Waals surface area contributed by atoms with Crippen LogP contribution in [0.4, 0.5) is 5.69 Å². The smallest absolute Gasteiger partial charge is 0.254 e. The summed E-state index contributed by atoms with van der Waals surface area (Å²) in [6.07, 6.45) is 0. The van der Waals surface area contributed by atoms with Crippen LogP contribution in [0, 0.1) is 0 Å². The molecule has 1 amide bonds. The molecule has 178 valence electrons. The molecule has 0 spiro atoms. The van der Waals surface area contributed by atoms with E-state index in [1.165, 1.54) is 4.31 Å². The number of nitrogens with zero attached hydrogens (tertiary/aromatic N) is 3. The van der Waals surface area contributed by atoms with Crippen LogP contribution in [0.25, 0.3) is 0 Å². The van der Waals surface area contributed by atoms with Gasteiger partial charge in [0.2, 0.25) is 10.0 Å². The number of carbonyl (C=O) groups is 1. The van der Waals surface area contributed by atoms with E-state index in [2.05, 4.69) is 0 Å². The van der Waals surface area contributed by atoms with Crippen LogP contribution in [-0.2, 0) is 14.8 Å².